The molecule has 0 aliphatic heterocycles. The van der Waals surface area contributed by atoms with Crippen LogP contribution in [0.5, 0.6) is 0 Å². The second-order valence-corrected chi connectivity index (χ2v) is 8.10. The van der Waals surface area contributed by atoms with E-state index in [1.807, 2.05) is 42.9 Å². The van der Waals surface area contributed by atoms with Gasteiger partial charge in [-0.05, 0) is 30.7 Å². The lowest BCUT2D eigenvalue weighted by Gasteiger charge is -2.05. The highest BCUT2D eigenvalue weighted by molar-refractivity contribution is 5.93. The van der Waals surface area contributed by atoms with Crippen LogP contribution < -0.4 is 0 Å². The Bertz CT molecular complexity index is 1540. The molecule has 0 amide bonds. The standard InChI is InChI=1S/C25H17N7/c1-3-15(11-26-7-1)17-6-5-14-9-18(14)23-22(17)29-25(30-23)24-19-10-20(16-4-2-8-27-12-16)28-13-21(19)31-32-24/h1-8,10-13,18H,9H2,(H,29,30)(H,31,32). The number of aromatic nitrogens is 7. The fourth-order valence-corrected chi connectivity index (χ4v) is 4.40. The zero-order chi connectivity index (χ0) is 21.1. The van der Waals surface area contributed by atoms with Crippen molar-refractivity contribution in [1.29, 1.82) is 0 Å². The normalized spacial score (nSPS) is 16.7. The van der Waals surface area contributed by atoms with Gasteiger partial charge in [-0.1, -0.05) is 23.8 Å². The Kier molecular flexibility index (Phi) is 3.54. The van der Waals surface area contributed by atoms with Gasteiger partial charge in [-0.3, -0.25) is 20.1 Å². The molecule has 7 rings (SSSR count). The molecule has 1 saturated carbocycles. The summed E-state index contributed by atoms with van der Waals surface area (Å²) < 4.78 is 0. The van der Waals surface area contributed by atoms with Crippen LogP contribution in [-0.2, 0) is 0 Å². The van der Waals surface area contributed by atoms with Gasteiger partial charge in [0.1, 0.15) is 5.69 Å². The highest BCUT2D eigenvalue weighted by atomic mass is 15.1. The quantitative estimate of drug-likeness (QED) is 0.447. The van der Waals surface area contributed by atoms with Crippen LogP contribution >= 0.6 is 0 Å². The maximum Gasteiger partial charge on any atom is 0.159 e. The minimum absolute atomic E-state index is 0.398. The number of hydrogen-bond acceptors (Lipinski definition) is 5. The molecule has 32 heavy (non-hydrogen) atoms. The molecule has 7 heteroatoms. The summed E-state index contributed by atoms with van der Waals surface area (Å²) in [6, 6.07) is 9.98. The zero-order valence-corrected chi connectivity index (χ0v) is 16.9. The van der Waals surface area contributed by atoms with Crippen LogP contribution in [0.2, 0.25) is 0 Å². The van der Waals surface area contributed by atoms with Crippen LogP contribution in [0, 0.1) is 0 Å². The number of nitrogens with zero attached hydrogens (tertiary/aromatic N) is 5. The second-order valence-electron chi connectivity index (χ2n) is 8.10. The van der Waals surface area contributed by atoms with Crippen LogP contribution in [0.1, 0.15) is 29.3 Å². The Morgan fingerprint density at radius 3 is 2.56 bits per heavy atom. The van der Waals surface area contributed by atoms with Gasteiger partial charge >= 0.3 is 0 Å². The Hall–Kier alpha value is -4.39. The predicted molar refractivity (Wildman–Crippen MR) is 121 cm³/mol. The summed E-state index contributed by atoms with van der Waals surface area (Å²) >= 11 is 0. The SMILES string of the molecule is C1=C(c2cccnc2)c2nc(-c3n[nH]c4cnc(-c5cccnc5)cc34)[nH]c2C2CC2=C1. The molecule has 7 nitrogen and oxygen atoms in total. The van der Waals surface area contributed by atoms with E-state index in [-0.39, 0.29) is 0 Å². The number of rotatable bonds is 3. The van der Waals surface area contributed by atoms with Crippen LogP contribution in [0.25, 0.3) is 39.3 Å². The van der Waals surface area contributed by atoms with Crippen LogP contribution in [0.4, 0.5) is 0 Å². The van der Waals surface area contributed by atoms with Gasteiger partial charge in [-0.25, -0.2) is 4.98 Å². The fraction of sp³-hybridized carbons (Fsp3) is 0.0800. The summed E-state index contributed by atoms with van der Waals surface area (Å²) in [4.78, 5) is 21.7. The van der Waals surface area contributed by atoms with Crippen molar-refractivity contribution in [2.75, 3.05) is 0 Å². The summed E-state index contributed by atoms with van der Waals surface area (Å²) in [7, 11) is 0. The summed E-state index contributed by atoms with van der Waals surface area (Å²) in [5.74, 6) is 1.15. The van der Waals surface area contributed by atoms with E-state index in [9.17, 15) is 0 Å². The molecule has 5 aromatic rings. The number of allylic oxidation sites excluding steroid dienone is 3. The van der Waals surface area contributed by atoms with Crippen molar-refractivity contribution in [3.05, 3.63) is 96.0 Å². The van der Waals surface area contributed by atoms with Gasteiger partial charge in [0.15, 0.2) is 5.82 Å². The molecule has 5 aromatic heterocycles. The molecule has 0 saturated heterocycles. The zero-order valence-electron chi connectivity index (χ0n) is 16.9. The van der Waals surface area contributed by atoms with E-state index >= 15 is 0 Å². The van der Waals surface area contributed by atoms with Gasteiger partial charge in [0.25, 0.3) is 0 Å². The lowest BCUT2D eigenvalue weighted by molar-refractivity contribution is 1.06. The first-order valence-corrected chi connectivity index (χ1v) is 10.5. The van der Waals surface area contributed by atoms with Gasteiger partial charge in [-0.15, -0.1) is 0 Å². The maximum atomic E-state index is 5.04. The minimum atomic E-state index is 0.398. The summed E-state index contributed by atoms with van der Waals surface area (Å²) in [5.41, 5.74) is 9.15. The molecule has 2 aliphatic carbocycles. The predicted octanol–water partition coefficient (Wildman–Crippen LogP) is 4.66. The molecule has 152 valence electrons. The van der Waals surface area contributed by atoms with Crippen molar-refractivity contribution >= 4 is 16.5 Å². The molecule has 0 aromatic carbocycles. The molecule has 1 fully saturated rings. The van der Waals surface area contributed by atoms with Gasteiger partial charge in [0.2, 0.25) is 0 Å². The van der Waals surface area contributed by atoms with Gasteiger partial charge in [0, 0.05) is 52.8 Å². The van der Waals surface area contributed by atoms with Crippen molar-refractivity contribution in [1.82, 2.24) is 35.1 Å². The van der Waals surface area contributed by atoms with E-state index in [2.05, 4.69) is 48.4 Å². The highest BCUT2D eigenvalue weighted by Crippen LogP contribution is 2.51. The van der Waals surface area contributed by atoms with E-state index in [1.54, 1.807) is 12.4 Å². The topological polar surface area (TPSA) is 96.0 Å². The Morgan fingerprint density at radius 2 is 1.75 bits per heavy atom. The molecular weight excluding hydrogens is 398 g/mol. The van der Waals surface area contributed by atoms with Gasteiger partial charge in [-0.2, -0.15) is 5.10 Å². The number of nitrogens with one attached hydrogen (secondary N) is 2. The average Bonchev–Trinajstić information content (AvgIpc) is 3.34. The van der Waals surface area contributed by atoms with E-state index in [1.165, 1.54) is 5.57 Å². The third-order valence-electron chi connectivity index (χ3n) is 6.13. The van der Waals surface area contributed by atoms with Crippen LogP contribution in [-0.4, -0.2) is 35.1 Å². The van der Waals surface area contributed by atoms with E-state index < -0.39 is 0 Å². The summed E-state index contributed by atoms with van der Waals surface area (Å²) in [5, 5.41) is 8.65. The highest BCUT2D eigenvalue weighted by Gasteiger charge is 2.37. The molecule has 0 bridgehead atoms. The molecule has 1 atom stereocenters. The number of fused-ring (bicyclic) bond motifs is 4. The lowest BCUT2D eigenvalue weighted by Crippen LogP contribution is -1.93. The molecule has 2 aliphatic rings. The Balaban J connectivity index is 1.38. The van der Waals surface area contributed by atoms with Crippen molar-refractivity contribution in [2.24, 2.45) is 0 Å². The van der Waals surface area contributed by atoms with E-state index in [0.29, 0.717) is 5.92 Å². The van der Waals surface area contributed by atoms with Crippen molar-refractivity contribution < 1.29 is 0 Å². The van der Waals surface area contributed by atoms with Gasteiger partial charge < -0.3 is 4.98 Å². The first-order chi connectivity index (χ1) is 15.8. The third kappa shape index (κ3) is 2.64. The molecule has 2 N–H and O–H groups in total. The molecule has 5 heterocycles. The van der Waals surface area contributed by atoms with Crippen molar-refractivity contribution in [3.8, 4) is 22.8 Å². The van der Waals surface area contributed by atoms with Gasteiger partial charge in [0.05, 0.1) is 28.8 Å². The van der Waals surface area contributed by atoms with E-state index in [0.717, 1.165) is 62.6 Å². The van der Waals surface area contributed by atoms with Crippen molar-refractivity contribution in [2.45, 2.75) is 12.3 Å². The second kappa shape index (κ2) is 6.55. The lowest BCUT2D eigenvalue weighted by atomic mass is 10.0. The first-order valence-electron chi connectivity index (χ1n) is 10.5. The molecule has 0 radical (unpaired) electrons. The average molecular weight is 415 g/mol. The smallest absolute Gasteiger partial charge is 0.159 e. The number of hydrogen-bond donors (Lipinski definition) is 2. The third-order valence-corrected chi connectivity index (χ3v) is 6.13. The van der Waals surface area contributed by atoms with Crippen LogP contribution in [0.15, 0.2) is 79.0 Å². The molecule has 1 unspecified atom stereocenters. The van der Waals surface area contributed by atoms with E-state index in [4.69, 9.17) is 4.98 Å². The number of aromatic amines is 2. The number of pyridine rings is 3. The Morgan fingerprint density at radius 1 is 0.906 bits per heavy atom. The Labute approximate surface area is 183 Å². The number of H-pyrrole nitrogens is 2. The largest absolute Gasteiger partial charge is 0.339 e. The van der Waals surface area contributed by atoms with Crippen molar-refractivity contribution in [3.63, 3.8) is 0 Å². The monoisotopic (exact) mass is 415 g/mol. The maximum absolute atomic E-state index is 5.04. The first kappa shape index (κ1) is 17.3. The molecular formula is C25H17N7. The number of imidazole rings is 1. The summed E-state index contributed by atoms with van der Waals surface area (Å²) in [6.45, 7) is 0. The van der Waals surface area contributed by atoms with Crippen LogP contribution in [0.3, 0.4) is 0 Å². The summed E-state index contributed by atoms with van der Waals surface area (Å²) in [6.07, 6.45) is 14.5. The minimum Gasteiger partial charge on any atom is -0.339 e. The molecule has 0 spiro atoms. The fourth-order valence-electron chi connectivity index (χ4n) is 4.40.